The fourth-order valence-corrected chi connectivity index (χ4v) is 25.2. The van der Waals surface area contributed by atoms with Gasteiger partial charge in [0.15, 0.2) is 46.8 Å². The Morgan fingerprint density at radius 1 is 0.525 bits per heavy atom. The summed E-state index contributed by atoms with van der Waals surface area (Å²) in [6, 6.07) is 49.9. The zero-order valence-corrected chi connectivity index (χ0v) is 70.9. The van der Waals surface area contributed by atoms with Gasteiger partial charge in [0, 0.05) is 74.7 Å². The summed E-state index contributed by atoms with van der Waals surface area (Å²) in [4.78, 5) is 86.7. The van der Waals surface area contributed by atoms with Crippen molar-refractivity contribution in [3.8, 4) is 0 Å². The van der Waals surface area contributed by atoms with E-state index in [0.29, 0.717) is 84.1 Å². The van der Waals surface area contributed by atoms with Crippen LogP contribution in [0.4, 0.5) is 17.6 Å². The molecule has 0 saturated carbocycles. The van der Waals surface area contributed by atoms with Gasteiger partial charge in [-0.25, -0.2) is 43.7 Å². The van der Waals surface area contributed by atoms with Gasteiger partial charge in [0.1, 0.15) is 83.9 Å². The SMILES string of the molecule is CC[C@@]12COC([C@H](n3cc(C)c(NC(=O)c4ccccc4)nc3=O)O1)[C@H]2O[P@@]1O[C@H](c2ccccc2)[C@@H]2CCCN21.CC[C@@]12COC([C@H](n3cnc4c(=O)[nH]c(N=CN(C)C)nc43)O1)[C@H]2O[P@]1O[C@@H](c2ccccc2)[C@H]2CCCN21.CC[C@@]12COC([C@H](n3cnc4c(NC(=O)c5ccccc5)ncnc43)O1)[C@H]2O[P@@]1O[C@H](c2ccccc2)[C@@H]2CCCN21. The number of aryl methyl sites for hydroxylation is 1. The maximum atomic E-state index is 13.3. The minimum Gasteiger partial charge on any atom is -0.369 e. The number of rotatable bonds is 21. The average Bonchev–Trinajstić information content (AvgIpc) is 1.57. The lowest BCUT2D eigenvalue weighted by atomic mass is 9.96. The lowest BCUT2D eigenvalue weighted by Crippen LogP contribution is -2.41. The topological polar surface area (TPSA) is 336 Å². The lowest BCUT2D eigenvalue weighted by Gasteiger charge is -2.31. The van der Waals surface area contributed by atoms with Gasteiger partial charge in [-0.15, -0.1) is 0 Å². The summed E-state index contributed by atoms with van der Waals surface area (Å²) in [6.45, 7) is 12.1. The molecule has 636 valence electrons. The van der Waals surface area contributed by atoms with Crippen molar-refractivity contribution >= 4 is 83.6 Å². The van der Waals surface area contributed by atoms with Crippen LogP contribution in [0, 0.1) is 6.92 Å². The molecule has 22 rings (SSSR count). The molecule has 3 unspecified atom stereocenters. The molecule has 5 aromatic carbocycles. The Morgan fingerprint density at radius 3 is 1.35 bits per heavy atom. The third-order valence-corrected chi connectivity index (χ3v) is 30.7. The number of hydrogen-bond donors (Lipinski definition) is 3. The molecular weight excluding hydrogens is 1620 g/mol. The molecule has 12 fully saturated rings. The molecule has 0 spiro atoms. The predicted octanol–water partition coefficient (Wildman–Crippen LogP) is 13.0. The maximum absolute atomic E-state index is 13.3. The van der Waals surface area contributed by atoms with Crippen LogP contribution in [0.25, 0.3) is 22.3 Å². The van der Waals surface area contributed by atoms with E-state index >= 15 is 0 Å². The highest BCUT2D eigenvalue weighted by Gasteiger charge is 2.68. The van der Waals surface area contributed by atoms with Crippen LogP contribution in [-0.4, -0.2) is 211 Å². The molecule has 12 aliphatic rings. The molecule has 2 amide bonds. The molecule has 33 nitrogen and oxygen atoms in total. The van der Waals surface area contributed by atoms with E-state index in [1.54, 1.807) is 78.0 Å². The van der Waals surface area contributed by atoms with Crippen molar-refractivity contribution in [2.45, 2.75) is 194 Å². The second-order valence-corrected chi connectivity index (χ2v) is 37.1. The number of amides is 2. The normalized spacial score (nSPS) is 32.8. The van der Waals surface area contributed by atoms with Crippen molar-refractivity contribution in [2.75, 3.05) is 64.2 Å². The van der Waals surface area contributed by atoms with Crippen LogP contribution in [-0.2, 0) is 55.6 Å². The first kappa shape index (κ1) is 81.3. The Bertz CT molecular complexity index is 5620. The number of fused-ring (bicyclic) bond motifs is 11. The van der Waals surface area contributed by atoms with Gasteiger partial charge < -0.3 is 71.1 Å². The first-order chi connectivity index (χ1) is 59.6. The monoisotopic (exact) mass is 1720 g/mol. The standard InChI is InChI=1S/C30H31N6O5P.C30H33N4O6P.C26H32N7O5P/c1-2-30-16-38-24(25(30)41-42-36-15-9-14-21(36)23(40-42)19-10-5-3-6-11-19)29(39-30)35-18-33-22-26(31-17-32-27(22)35)34-28(37)20-12-7-4-8-13-20;1-3-30-18-37-24(25(30)40-41-34-16-10-15-22(34)23(39-41)20-11-6-4-7-12-20)28(38-30)33-17-19(2)26(32-29(33)36)31-27(35)21-13-8-5-9-14-21;1-4-26-13-35-20(21(26)38-39-33-12-8-11-17(33)19(37-39)16-9-6-5-7-10-16)24(36-26)32-15-27-18-22(32)29-25(30-23(18)34)28-14-31(2)3/h3-8,10-13,17-18,21,23-25,29H,2,9,14-16H2,1H3,(H,31,32,34,37);4-9,11-14,17,22-25,28H,3,10,15-16,18H2,1-2H3,(H,31,32,35,36);5-7,9-10,14-15,17,19-21,24H,4,8,11-13H2,1-3H3,(H,29,30,34)/t21-,23+,24?,25+,29+,30-,42+;22-,23+,24?,25+,28+,30-,41+;17-,19+,20?,21-,24-,26+,39+/m001/s1. The molecule has 36 heteroatoms. The minimum absolute atomic E-state index is 0.00659. The number of carbonyl (C=O) groups excluding carboxylic acids is 2. The van der Waals surface area contributed by atoms with Crippen molar-refractivity contribution < 1.29 is 65.2 Å². The largest absolute Gasteiger partial charge is 0.369 e. The van der Waals surface area contributed by atoms with E-state index in [1.807, 2.05) is 80.2 Å². The molecule has 122 heavy (non-hydrogen) atoms. The summed E-state index contributed by atoms with van der Waals surface area (Å²) in [5, 5.41) is 5.63. The molecule has 17 heterocycles. The molecular formula is C86H96N17O16P3. The van der Waals surface area contributed by atoms with Crippen LogP contribution in [0.2, 0.25) is 0 Å². The molecule has 3 N–H and O–H groups in total. The van der Waals surface area contributed by atoms with Gasteiger partial charge in [-0.3, -0.25) is 33.1 Å². The summed E-state index contributed by atoms with van der Waals surface area (Å²) >= 11 is 0. The van der Waals surface area contributed by atoms with E-state index in [4.69, 9.17) is 55.6 Å². The van der Waals surface area contributed by atoms with Crippen molar-refractivity contribution in [1.82, 2.24) is 67.5 Å². The Balaban J connectivity index is 0.000000116. The Morgan fingerprint density at radius 2 is 0.926 bits per heavy atom. The molecule has 5 aromatic heterocycles. The number of nitrogens with one attached hydrogen (secondary N) is 3. The first-order valence-corrected chi connectivity index (χ1v) is 45.4. The van der Waals surface area contributed by atoms with E-state index < -0.39 is 85.1 Å². The number of H-pyrrole nitrogens is 1. The zero-order chi connectivity index (χ0) is 83.1. The molecule has 0 aliphatic carbocycles. The number of hydrogen-bond acceptors (Lipinski definition) is 26. The Kier molecular flexibility index (Phi) is 22.5. The quantitative estimate of drug-likeness (QED) is 0.0342. The van der Waals surface area contributed by atoms with Gasteiger partial charge >= 0.3 is 5.69 Å². The van der Waals surface area contributed by atoms with E-state index in [9.17, 15) is 19.2 Å². The number of benzene rings is 5. The first-order valence-electron chi connectivity index (χ1n) is 42.0. The number of nitrogens with zero attached hydrogens (tertiary/aromatic N) is 14. The number of aromatic amines is 1. The third-order valence-electron chi connectivity index (χ3n) is 25.5. The summed E-state index contributed by atoms with van der Waals surface area (Å²) in [7, 11) is -0.210. The number of imidazole rings is 2. The van der Waals surface area contributed by atoms with Gasteiger partial charge in [-0.2, -0.15) is 9.97 Å². The third kappa shape index (κ3) is 14.7. The van der Waals surface area contributed by atoms with Crippen LogP contribution < -0.4 is 21.9 Å². The summed E-state index contributed by atoms with van der Waals surface area (Å²) in [5.41, 5.74) is 3.98. The highest BCUT2D eigenvalue weighted by Crippen LogP contribution is 2.67. The predicted molar refractivity (Wildman–Crippen MR) is 451 cm³/mol. The Labute approximate surface area is 706 Å². The number of aliphatic imine (C=N–C) groups is 1. The number of ether oxygens (including phenoxy) is 6. The smallest absolute Gasteiger partial charge is 0.351 e. The Hall–Kier alpha value is -9.02. The van der Waals surface area contributed by atoms with Gasteiger partial charge in [0.05, 0.1) is 38.8 Å². The average molecular weight is 1720 g/mol. The second kappa shape index (κ2) is 33.8. The second-order valence-electron chi connectivity index (χ2n) is 32.9. The van der Waals surface area contributed by atoms with Crippen molar-refractivity contribution in [2.24, 2.45) is 4.99 Å². The fraction of sp³-hybridized carbons (Fsp3) is 0.453. The minimum atomic E-state index is -1.33. The molecule has 6 bridgehead atoms. The highest BCUT2D eigenvalue weighted by molar-refractivity contribution is 7.45. The van der Waals surface area contributed by atoms with Crippen LogP contribution in [0.15, 0.2) is 191 Å². The molecule has 21 atom stereocenters. The maximum Gasteiger partial charge on any atom is 0.351 e. The molecule has 0 radical (unpaired) electrons. The van der Waals surface area contributed by atoms with E-state index in [0.717, 1.165) is 70.1 Å². The number of aromatic nitrogens is 10. The van der Waals surface area contributed by atoms with Crippen LogP contribution >= 0.6 is 25.6 Å². The van der Waals surface area contributed by atoms with Crippen molar-refractivity contribution in [1.29, 1.82) is 0 Å². The van der Waals surface area contributed by atoms with Gasteiger partial charge in [-0.1, -0.05) is 148 Å². The highest BCUT2D eigenvalue weighted by atomic mass is 31.2. The lowest BCUT2D eigenvalue weighted by molar-refractivity contribution is -0.175. The molecule has 10 aromatic rings. The molecule has 12 aliphatic heterocycles. The summed E-state index contributed by atoms with van der Waals surface area (Å²) in [6.07, 6.45) is 12.5. The fourth-order valence-electron chi connectivity index (χ4n) is 19.1. The van der Waals surface area contributed by atoms with E-state index in [-0.39, 0.29) is 77.3 Å². The van der Waals surface area contributed by atoms with Crippen LogP contribution in [0.1, 0.15) is 159 Å². The molecule has 12 saturated heterocycles. The van der Waals surface area contributed by atoms with Crippen molar-refractivity contribution in [3.63, 3.8) is 0 Å². The van der Waals surface area contributed by atoms with Gasteiger partial charge in [-0.05, 0) is 106 Å². The van der Waals surface area contributed by atoms with E-state index in [1.165, 1.54) is 22.0 Å². The van der Waals surface area contributed by atoms with Crippen LogP contribution in [0.5, 0.6) is 0 Å². The summed E-state index contributed by atoms with van der Waals surface area (Å²) in [5.74, 6) is 0.154. The van der Waals surface area contributed by atoms with Crippen molar-refractivity contribution in [3.05, 3.63) is 231 Å². The van der Waals surface area contributed by atoms with E-state index in [2.05, 4.69) is 139 Å². The number of anilines is 2. The zero-order valence-electron chi connectivity index (χ0n) is 68.2. The van der Waals surface area contributed by atoms with Crippen LogP contribution in [0.3, 0.4) is 0 Å². The number of carbonyl (C=O) groups is 2. The van der Waals surface area contributed by atoms with Gasteiger partial charge in [0.25, 0.3) is 43.0 Å². The summed E-state index contributed by atoms with van der Waals surface area (Å²) < 4.78 is 91.5. The van der Waals surface area contributed by atoms with Gasteiger partial charge in [0.2, 0.25) is 5.95 Å².